The predicted molar refractivity (Wildman–Crippen MR) is 93.8 cm³/mol. The Morgan fingerprint density at radius 1 is 1.35 bits per heavy atom. The molecular formula is C17H21N3O2S. The number of thioether (sulfide) groups is 1. The zero-order chi connectivity index (χ0) is 16.6. The van der Waals surface area contributed by atoms with Gasteiger partial charge in [0.25, 0.3) is 5.56 Å². The summed E-state index contributed by atoms with van der Waals surface area (Å²) in [6, 6.07) is 7.44. The van der Waals surface area contributed by atoms with Crippen LogP contribution in [0.2, 0.25) is 0 Å². The van der Waals surface area contributed by atoms with Crippen molar-refractivity contribution in [2.75, 3.05) is 12.3 Å². The maximum absolute atomic E-state index is 12.7. The van der Waals surface area contributed by atoms with E-state index in [4.69, 9.17) is 0 Å². The van der Waals surface area contributed by atoms with Gasteiger partial charge in [-0.1, -0.05) is 19.1 Å². The number of carbonyl (C=O) groups is 1. The minimum atomic E-state index is -0.145. The molecule has 1 saturated heterocycles. The van der Waals surface area contributed by atoms with Gasteiger partial charge in [0.2, 0.25) is 5.91 Å². The molecule has 1 fully saturated rings. The molecule has 2 atom stereocenters. The number of rotatable bonds is 2. The number of hydrogen-bond acceptors (Lipinski definition) is 4. The Labute approximate surface area is 139 Å². The van der Waals surface area contributed by atoms with Crippen molar-refractivity contribution in [3.8, 4) is 0 Å². The molecule has 0 spiro atoms. The van der Waals surface area contributed by atoms with Crippen LogP contribution in [0.15, 0.2) is 29.1 Å². The molecular weight excluding hydrogens is 310 g/mol. The molecule has 2 aromatic rings. The van der Waals surface area contributed by atoms with E-state index in [0.717, 1.165) is 12.3 Å². The van der Waals surface area contributed by atoms with Gasteiger partial charge in [-0.15, -0.1) is 0 Å². The third kappa shape index (κ3) is 3.00. The smallest absolute Gasteiger partial charge is 0.261 e. The zero-order valence-electron chi connectivity index (χ0n) is 13.7. The van der Waals surface area contributed by atoms with Crippen LogP contribution in [-0.2, 0) is 11.3 Å². The van der Waals surface area contributed by atoms with Crippen LogP contribution in [0, 0.1) is 6.92 Å². The van der Waals surface area contributed by atoms with E-state index in [1.165, 1.54) is 4.57 Å². The van der Waals surface area contributed by atoms with E-state index in [2.05, 4.69) is 18.8 Å². The van der Waals surface area contributed by atoms with E-state index < -0.39 is 0 Å². The normalized spacial score (nSPS) is 21.6. The van der Waals surface area contributed by atoms with Gasteiger partial charge in [-0.2, -0.15) is 11.8 Å². The summed E-state index contributed by atoms with van der Waals surface area (Å²) in [7, 11) is 0. The van der Waals surface area contributed by atoms with E-state index in [1.807, 2.05) is 34.9 Å². The van der Waals surface area contributed by atoms with Gasteiger partial charge in [0, 0.05) is 23.6 Å². The fourth-order valence-corrected chi connectivity index (χ4v) is 4.08. The lowest BCUT2D eigenvalue weighted by Crippen LogP contribution is -2.49. The number of amides is 1. The van der Waals surface area contributed by atoms with Crippen LogP contribution in [0.1, 0.15) is 19.7 Å². The molecule has 2 heterocycles. The largest absolute Gasteiger partial charge is 0.337 e. The third-order valence-corrected chi connectivity index (χ3v) is 5.89. The minimum absolute atomic E-state index is 0.00747. The molecule has 23 heavy (non-hydrogen) atoms. The molecule has 122 valence electrons. The molecule has 1 aromatic carbocycles. The number of hydrogen-bond donors (Lipinski definition) is 0. The van der Waals surface area contributed by atoms with Crippen molar-refractivity contribution in [3.63, 3.8) is 0 Å². The molecule has 0 aliphatic carbocycles. The summed E-state index contributed by atoms with van der Waals surface area (Å²) in [6.45, 7) is 6.79. The van der Waals surface area contributed by atoms with Crippen LogP contribution >= 0.6 is 11.8 Å². The van der Waals surface area contributed by atoms with Gasteiger partial charge in [-0.05, 0) is 26.0 Å². The molecule has 0 bridgehead atoms. The number of fused-ring (bicyclic) bond motifs is 1. The molecule has 0 N–H and O–H groups in total. The Bertz CT molecular complexity index is 802. The lowest BCUT2D eigenvalue weighted by atomic mass is 10.2. The summed E-state index contributed by atoms with van der Waals surface area (Å²) >= 11 is 1.89. The second-order valence-electron chi connectivity index (χ2n) is 5.97. The highest BCUT2D eigenvalue weighted by atomic mass is 32.2. The molecule has 0 saturated carbocycles. The van der Waals surface area contributed by atoms with Gasteiger partial charge in [0.15, 0.2) is 0 Å². The molecule has 5 nitrogen and oxygen atoms in total. The monoisotopic (exact) mass is 331 g/mol. The first-order valence-electron chi connectivity index (χ1n) is 7.86. The van der Waals surface area contributed by atoms with Crippen molar-refractivity contribution < 1.29 is 4.79 Å². The zero-order valence-corrected chi connectivity index (χ0v) is 14.5. The van der Waals surface area contributed by atoms with E-state index in [-0.39, 0.29) is 24.1 Å². The topological polar surface area (TPSA) is 55.2 Å². The Hall–Kier alpha value is -1.82. The predicted octanol–water partition coefficient (Wildman–Crippen LogP) is 2.06. The third-order valence-electron chi connectivity index (χ3n) is 4.55. The van der Waals surface area contributed by atoms with E-state index in [1.54, 1.807) is 13.0 Å². The van der Waals surface area contributed by atoms with Gasteiger partial charge in [0.1, 0.15) is 12.4 Å². The maximum atomic E-state index is 12.7. The number of aryl methyl sites for hydroxylation is 1. The molecule has 1 aliphatic heterocycles. The Morgan fingerprint density at radius 3 is 2.87 bits per heavy atom. The molecule has 1 aliphatic rings. The summed E-state index contributed by atoms with van der Waals surface area (Å²) in [5, 5.41) is 0.974. The molecule has 1 amide bonds. The first-order valence-corrected chi connectivity index (χ1v) is 8.91. The van der Waals surface area contributed by atoms with Gasteiger partial charge in [-0.3, -0.25) is 14.2 Å². The van der Waals surface area contributed by atoms with Gasteiger partial charge in [0.05, 0.1) is 10.9 Å². The quantitative estimate of drug-likeness (QED) is 0.845. The van der Waals surface area contributed by atoms with Gasteiger partial charge >= 0.3 is 0 Å². The fraction of sp³-hybridized carbons (Fsp3) is 0.471. The lowest BCUT2D eigenvalue weighted by molar-refractivity contribution is -0.133. The lowest BCUT2D eigenvalue weighted by Gasteiger charge is -2.37. The number of para-hydroxylation sites is 1. The molecule has 6 heteroatoms. The van der Waals surface area contributed by atoms with Crippen LogP contribution in [0.5, 0.6) is 0 Å². The first kappa shape index (κ1) is 16.1. The second-order valence-corrected chi connectivity index (χ2v) is 7.46. The van der Waals surface area contributed by atoms with Crippen LogP contribution in [-0.4, -0.2) is 43.9 Å². The first-order chi connectivity index (χ1) is 11.0. The molecule has 2 unspecified atom stereocenters. The van der Waals surface area contributed by atoms with Crippen LogP contribution in [0.4, 0.5) is 0 Å². The highest BCUT2D eigenvalue weighted by Crippen LogP contribution is 2.24. The summed E-state index contributed by atoms with van der Waals surface area (Å²) in [5.74, 6) is 1.52. The van der Waals surface area contributed by atoms with Crippen molar-refractivity contribution in [3.05, 3.63) is 40.4 Å². The van der Waals surface area contributed by atoms with Crippen LogP contribution in [0.3, 0.4) is 0 Å². The average molecular weight is 331 g/mol. The number of carbonyl (C=O) groups excluding carboxylic acids is 1. The van der Waals surface area contributed by atoms with Crippen molar-refractivity contribution in [2.45, 2.75) is 38.6 Å². The van der Waals surface area contributed by atoms with E-state index >= 15 is 0 Å². The highest BCUT2D eigenvalue weighted by Gasteiger charge is 2.29. The Balaban J connectivity index is 1.92. The van der Waals surface area contributed by atoms with Gasteiger partial charge in [-0.25, -0.2) is 4.98 Å². The fourth-order valence-electron chi connectivity index (χ4n) is 2.98. The van der Waals surface area contributed by atoms with Crippen molar-refractivity contribution >= 4 is 28.6 Å². The molecule has 3 rings (SSSR count). The molecule has 0 radical (unpaired) electrons. The maximum Gasteiger partial charge on any atom is 0.261 e. The van der Waals surface area contributed by atoms with Crippen molar-refractivity contribution in [1.29, 1.82) is 0 Å². The Morgan fingerprint density at radius 2 is 2.09 bits per heavy atom. The van der Waals surface area contributed by atoms with Crippen LogP contribution < -0.4 is 5.56 Å². The summed E-state index contributed by atoms with van der Waals surface area (Å²) in [5.41, 5.74) is 0.531. The van der Waals surface area contributed by atoms with Gasteiger partial charge < -0.3 is 4.90 Å². The Kier molecular flexibility index (Phi) is 4.43. The summed E-state index contributed by atoms with van der Waals surface area (Å²) in [4.78, 5) is 31.7. The minimum Gasteiger partial charge on any atom is -0.337 e. The number of aromatic nitrogens is 2. The number of benzene rings is 1. The standard InChI is InChI=1S/C17H21N3O2S/c1-11-12(2)23-9-8-19(11)16(21)10-20-13(3)18-15-7-5-4-6-14(15)17(20)22/h4-7,11-12H,8-10H2,1-3H3. The van der Waals surface area contributed by atoms with Crippen molar-refractivity contribution in [1.82, 2.24) is 14.5 Å². The highest BCUT2D eigenvalue weighted by molar-refractivity contribution is 8.00. The molecule has 1 aromatic heterocycles. The van der Waals surface area contributed by atoms with E-state index in [0.29, 0.717) is 22.0 Å². The average Bonchev–Trinajstić information content (AvgIpc) is 2.54. The summed E-state index contributed by atoms with van der Waals surface area (Å²) in [6.07, 6.45) is 0. The number of nitrogens with zero attached hydrogens (tertiary/aromatic N) is 3. The van der Waals surface area contributed by atoms with Crippen LogP contribution in [0.25, 0.3) is 10.9 Å². The van der Waals surface area contributed by atoms with Crippen molar-refractivity contribution in [2.24, 2.45) is 0 Å². The SMILES string of the molecule is Cc1nc2ccccc2c(=O)n1CC(=O)N1CCSC(C)C1C. The summed E-state index contributed by atoms with van der Waals surface area (Å²) < 4.78 is 1.49. The van der Waals surface area contributed by atoms with E-state index in [9.17, 15) is 9.59 Å². The second kappa shape index (κ2) is 6.35.